The highest BCUT2D eigenvalue weighted by atomic mass is 35.5. The molecule has 0 bridgehead atoms. The minimum atomic E-state index is -0.470. The number of nitrogens with zero attached hydrogens (tertiary/aromatic N) is 2. The molecule has 106 valence electrons. The van der Waals surface area contributed by atoms with Crippen molar-refractivity contribution in [2.45, 2.75) is 0 Å². The Morgan fingerprint density at radius 2 is 2.10 bits per heavy atom. The number of anilines is 1. The number of H-pyrrole nitrogens is 1. The van der Waals surface area contributed by atoms with Crippen molar-refractivity contribution in [3.8, 4) is 22.5 Å². The predicted octanol–water partition coefficient (Wildman–Crippen LogP) is 2.47. The lowest BCUT2D eigenvalue weighted by molar-refractivity contribution is 0.439. The molecule has 2 aromatic heterocycles. The Balaban J connectivity index is 2.21. The third-order valence-electron chi connectivity index (χ3n) is 2.84. The highest BCUT2D eigenvalue weighted by molar-refractivity contribution is 6.33. The number of hydrogen-bond acceptors (Lipinski definition) is 5. The molecule has 0 saturated carbocycles. The molecule has 8 heteroatoms. The summed E-state index contributed by atoms with van der Waals surface area (Å²) in [5.41, 5.74) is 6.92. The van der Waals surface area contributed by atoms with Gasteiger partial charge >= 0.3 is 0 Å². The van der Waals surface area contributed by atoms with Crippen molar-refractivity contribution >= 4 is 17.5 Å². The fourth-order valence-corrected chi connectivity index (χ4v) is 2.17. The van der Waals surface area contributed by atoms with Gasteiger partial charge in [-0.05, 0) is 24.3 Å². The Kier molecular flexibility index (Phi) is 3.19. The Hall–Kier alpha value is -2.67. The van der Waals surface area contributed by atoms with Crippen LogP contribution in [0.3, 0.4) is 0 Å². The highest BCUT2D eigenvalue weighted by Gasteiger charge is 2.20. The average molecular weight is 307 g/mol. The summed E-state index contributed by atoms with van der Waals surface area (Å²) >= 11 is 6.03. The van der Waals surface area contributed by atoms with Gasteiger partial charge in [-0.2, -0.15) is 5.10 Å². The van der Waals surface area contributed by atoms with Crippen molar-refractivity contribution in [2.75, 3.05) is 5.73 Å². The van der Waals surface area contributed by atoms with E-state index < -0.39 is 5.82 Å². The number of aromatic nitrogens is 3. The first kappa shape index (κ1) is 13.3. The maximum absolute atomic E-state index is 13.2. The molecule has 1 aromatic carbocycles. The van der Waals surface area contributed by atoms with E-state index in [-0.39, 0.29) is 16.5 Å². The van der Waals surface area contributed by atoms with Crippen LogP contribution in [0.1, 0.15) is 0 Å². The van der Waals surface area contributed by atoms with Crippen LogP contribution < -0.4 is 11.3 Å². The zero-order valence-electron chi connectivity index (χ0n) is 10.4. The maximum Gasteiger partial charge on any atom is 0.264 e. The Bertz CT molecular complexity index is 854. The maximum atomic E-state index is 13.2. The molecule has 0 radical (unpaired) electrons. The van der Waals surface area contributed by atoms with Gasteiger partial charge in [-0.1, -0.05) is 16.8 Å². The molecule has 0 spiro atoms. The number of halogens is 2. The van der Waals surface area contributed by atoms with E-state index in [9.17, 15) is 9.18 Å². The molecule has 0 aliphatic rings. The van der Waals surface area contributed by atoms with Crippen LogP contribution in [-0.4, -0.2) is 15.4 Å². The molecule has 0 saturated heterocycles. The summed E-state index contributed by atoms with van der Waals surface area (Å²) in [7, 11) is 0. The van der Waals surface area contributed by atoms with Gasteiger partial charge in [0.15, 0.2) is 0 Å². The van der Waals surface area contributed by atoms with Crippen molar-refractivity contribution in [3.63, 3.8) is 0 Å². The predicted molar refractivity (Wildman–Crippen MR) is 75.2 cm³/mol. The van der Waals surface area contributed by atoms with E-state index in [2.05, 4.69) is 15.4 Å². The van der Waals surface area contributed by atoms with Crippen LogP contribution in [0.4, 0.5) is 10.3 Å². The van der Waals surface area contributed by atoms with Crippen LogP contribution in [0.25, 0.3) is 22.5 Å². The molecular formula is C13H8ClFN4O2. The summed E-state index contributed by atoms with van der Waals surface area (Å²) in [6, 6.07) is 6.64. The molecule has 6 nitrogen and oxygen atoms in total. The summed E-state index contributed by atoms with van der Waals surface area (Å²) in [4.78, 5) is 11.1. The summed E-state index contributed by atoms with van der Waals surface area (Å²) in [5, 5.41) is 10.1. The molecular weight excluding hydrogens is 299 g/mol. The molecule has 0 aliphatic carbocycles. The van der Waals surface area contributed by atoms with Gasteiger partial charge in [-0.3, -0.25) is 4.79 Å². The minimum Gasteiger partial charge on any atom is -0.367 e. The standard InChI is InChI=1S/C13H8ClFN4O2/c14-8-5-6(15)1-2-7(8)11-12(19-21-13(11)16)9-3-4-10(20)18-17-9/h1-5H,16H2,(H,18,20). The summed E-state index contributed by atoms with van der Waals surface area (Å²) < 4.78 is 18.1. The topological polar surface area (TPSA) is 97.8 Å². The third kappa shape index (κ3) is 2.38. The first-order valence-electron chi connectivity index (χ1n) is 5.83. The van der Waals surface area contributed by atoms with Crippen LogP contribution in [0.15, 0.2) is 39.6 Å². The van der Waals surface area contributed by atoms with Crippen LogP contribution in [0.5, 0.6) is 0 Å². The first-order chi connectivity index (χ1) is 10.1. The molecule has 3 rings (SSSR count). The van der Waals surface area contributed by atoms with Gasteiger partial charge in [0.25, 0.3) is 5.56 Å². The molecule has 2 heterocycles. The first-order valence-corrected chi connectivity index (χ1v) is 6.20. The lowest BCUT2D eigenvalue weighted by Crippen LogP contribution is -2.06. The number of nitrogens with one attached hydrogen (secondary N) is 1. The van der Waals surface area contributed by atoms with E-state index in [1.54, 1.807) is 0 Å². The second kappa shape index (κ2) is 5.02. The quantitative estimate of drug-likeness (QED) is 0.758. The van der Waals surface area contributed by atoms with E-state index >= 15 is 0 Å². The van der Waals surface area contributed by atoms with Crippen molar-refractivity contribution in [1.82, 2.24) is 15.4 Å². The van der Waals surface area contributed by atoms with Crippen molar-refractivity contribution in [3.05, 3.63) is 51.5 Å². The molecule has 0 unspecified atom stereocenters. The van der Waals surface area contributed by atoms with E-state index in [0.717, 1.165) is 6.07 Å². The van der Waals surface area contributed by atoms with Crippen molar-refractivity contribution in [2.24, 2.45) is 0 Å². The molecule has 0 amide bonds. The fourth-order valence-electron chi connectivity index (χ4n) is 1.91. The summed E-state index contributed by atoms with van der Waals surface area (Å²) in [6.07, 6.45) is 0. The van der Waals surface area contributed by atoms with Gasteiger partial charge in [0, 0.05) is 11.6 Å². The normalized spacial score (nSPS) is 10.8. The van der Waals surface area contributed by atoms with Crippen LogP contribution in [0, 0.1) is 5.82 Å². The lowest BCUT2D eigenvalue weighted by Gasteiger charge is -2.04. The number of aromatic amines is 1. The van der Waals surface area contributed by atoms with Crippen LogP contribution in [-0.2, 0) is 0 Å². The number of hydrogen-bond donors (Lipinski definition) is 2. The largest absolute Gasteiger partial charge is 0.367 e. The monoisotopic (exact) mass is 306 g/mol. The SMILES string of the molecule is Nc1onc(-c2ccc(=O)[nH]n2)c1-c1ccc(F)cc1Cl. The molecule has 0 aliphatic heterocycles. The minimum absolute atomic E-state index is 0.0199. The van der Waals surface area contributed by atoms with Gasteiger partial charge in [0.1, 0.15) is 17.2 Å². The summed E-state index contributed by atoms with van der Waals surface area (Å²) in [5.74, 6) is -0.450. The van der Waals surface area contributed by atoms with Gasteiger partial charge in [0.05, 0.1) is 10.6 Å². The Morgan fingerprint density at radius 3 is 2.76 bits per heavy atom. The molecule has 3 N–H and O–H groups in total. The van der Waals surface area contributed by atoms with Crippen molar-refractivity contribution < 1.29 is 8.91 Å². The Labute approximate surface area is 122 Å². The highest BCUT2D eigenvalue weighted by Crippen LogP contribution is 2.38. The van der Waals surface area contributed by atoms with Crippen LogP contribution >= 0.6 is 11.6 Å². The number of benzene rings is 1. The lowest BCUT2D eigenvalue weighted by atomic mass is 10.0. The smallest absolute Gasteiger partial charge is 0.264 e. The second-order valence-corrected chi connectivity index (χ2v) is 4.61. The van der Waals surface area contributed by atoms with Gasteiger partial charge in [-0.15, -0.1) is 0 Å². The Morgan fingerprint density at radius 1 is 1.29 bits per heavy atom. The zero-order chi connectivity index (χ0) is 15.0. The van der Waals surface area contributed by atoms with E-state index in [1.807, 2.05) is 0 Å². The number of nitrogen functional groups attached to an aromatic ring is 1. The van der Waals surface area contributed by atoms with E-state index in [1.165, 1.54) is 24.3 Å². The molecule has 0 atom stereocenters. The second-order valence-electron chi connectivity index (χ2n) is 4.20. The third-order valence-corrected chi connectivity index (χ3v) is 3.15. The molecule has 0 fully saturated rings. The molecule has 21 heavy (non-hydrogen) atoms. The van der Waals surface area contributed by atoms with E-state index in [4.69, 9.17) is 21.9 Å². The zero-order valence-corrected chi connectivity index (χ0v) is 11.2. The fraction of sp³-hybridized carbons (Fsp3) is 0. The van der Waals surface area contributed by atoms with Gasteiger partial charge < -0.3 is 10.3 Å². The average Bonchev–Trinajstić information content (AvgIpc) is 2.82. The van der Waals surface area contributed by atoms with Gasteiger partial charge in [-0.25, -0.2) is 9.49 Å². The van der Waals surface area contributed by atoms with Crippen LogP contribution in [0.2, 0.25) is 5.02 Å². The number of rotatable bonds is 2. The van der Waals surface area contributed by atoms with Gasteiger partial charge in [0.2, 0.25) is 5.88 Å². The number of nitrogens with two attached hydrogens (primary N) is 1. The molecule has 3 aromatic rings. The van der Waals surface area contributed by atoms with E-state index in [0.29, 0.717) is 22.5 Å². The summed E-state index contributed by atoms with van der Waals surface area (Å²) in [6.45, 7) is 0. The van der Waals surface area contributed by atoms with Crippen molar-refractivity contribution in [1.29, 1.82) is 0 Å².